The van der Waals surface area contributed by atoms with Gasteiger partial charge in [-0.15, -0.1) is 0 Å². The fraction of sp³-hybridized carbons (Fsp3) is 0.281. The first-order chi connectivity index (χ1) is 20.9. The first-order valence-electron chi connectivity index (χ1n) is 14.0. The van der Waals surface area contributed by atoms with Gasteiger partial charge in [-0.3, -0.25) is 14.6 Å². The van der Waals surface area contributed by atoms with Crippen LogP contribution in [0.5, 0.6) is 23.0 Å². The van der Waals surface area contributed by atoms with Gasteiger partial charge < -0.3 is 30.2 Å². The van der Waals surface area contributed by atoms with E-state index in [1.807, 2.05) is 0 Å². The molecule has 5 rings (SSSR count). The maximum Gasteiger partial charge on any atom is 0.313 e. The first-order valence-corrected chi connectivity index (χ1v) is 14.0. The number of fused-ring (bicyclic) bond motifs is 1. The van der Waals surface area contributed by atoms with Gasteiger partial charge >= 0.3 is 11.8 Å². The summed E-state index contributed by atoms with van der Waals surface area (Å²) in [6, 6.07) is 15.0. The van der Waals surface area contributed by atoms with Crippen LogP contribution in [0.25, 0.3) is 10.9 Å². The second-order valence-electron chi connectivity index (χ2n) is 10.1. The van der Waals surface area contributed by atoms with Crippen molar-refractivity contribution in [3.05, 3.63) is 84.1 Å². The van der Waals surface area contributed by atoms with Crippen LogP contribution in [0.1, 0.15) is 18.4 Å². The number of benzene rings is 3. The maximum atomic E-state index is 15.0. The molecular formula is C32H32F2N4O5. The number of aromatic nitrogens is 1. The zero-order chi connectivity index (χ0) is 30.2. The van der Waals surface area contributed by atoms with Crippen LogP contribution in [0.15, 0.2) is 66.9 Å². The van der Waals surface area contributed by atoms with Crippen LogP contribution in [0.4, 0.5) is 14.5 Å². The molecule has 0 aliphatic carbocycles. The number of pyridine rings is 1. The summed E-state index contributed by atoms with van der Waals surface area (Å²) >= 11 is 0. The lowest BCUT2D eigenvalue weighted by molar-refractivity contribution is -0.136. The molecule has 0 spiro atoms. The summed E-state index contributed by atoms with van der Waals surface area (Å²) in [6.07, 6.45) is 3.98. The van der Waals surface area contributed by atoms with Crippen LogP contribution in [0.2, 0.25) is 0 Å². The van der Waals surface area contributed by atoms with Crippen LogP contribution in [0.3, 0.4) is 0 Å². The van der Waals surface area contributed by atoms with Crippen LogP contribution < -0.4 is 30.2 Å². The molecular weight excluding hydrogens is 558 g/mol. The lowest BCUT2D eigenvalue weighted by Gasteiger charge is -2.23. The van der Waals surface area contributed by atoms with Crippen molar-refractivity contribution in [2.24, 2.45) is 5.92 Å². The molecule has 0 bridgehead atoms. The quantitative estimate of drug-likeness (QED) is 0.223. The predicted molar refractivity (Wildman–Crippen MR) is 158 cm³/mol. The molecule has 0 atom stereocenters. The normalized spacial score (nSPS) is 13.4. The highest BCUT2D eigenvalue weighted by molar-refractivity contribution is 6.39. The average molecular weight is 591 g/mol. The molecule has 1 aliphatic rings. The zero-order valence-electron chi connectivity index (χ0n) is 23.6. The number of anilines is 1. The number of hydrogen-bond acceptors (Lipinski definition) is 7. The number of halogens is 2. The van der Waals surface area contributed by atoms with Gasteiger partial charge in [-0.1, -0.05) is 12.1 Å². The number of carbonyl (C=O) groups excluding carboxylic acids is 2. The average Bonchev–Trinajstić information content (AvgIpc) is 3.01. The molecule has 3 aromatic carbocycles. The molecule has 0 radical (unpaired) electrons. The van der Waals surface area contributed by atoms with Crippen LogP contribution in [0, 0.1) is 17.6 Å². The van der Waals surface area contributed by atoms with Crippen molar-refractivity contribution >= 4 is 28.4 Å². The van der Waals surface area contributed by atoms with Gasteiger partial charge in [0.25, 0.3) is 0 Å². The van der Waals surface area contributed by atoms with Gasteiger partial charge in [-0.2, -0.15) is 0 Å². The Hall–Kier alpha value is -4.77. The molecule has 1 saturated heterocycles. The zero-order valence-corrected chi connectivity index (χ0v) is 23.6. The van der Waals surface area contributed by atoms with E-state index in [2.05, 4.69) is 20.9 Å². The maximum absolute atomic E-state index is 15.0. The Morgan fingerprint density at radius 2 is 1.79 bits per heavy atom. The van der Waals surface area contributed by atoms with E-state index in [0.29, 0.717) is 52.7 Å². The topological polar surface area (TPSA) is 111 Å². The third kappa shape index (κ3) is 7.55. The molecule has 43 heavy (non-hydrogen) atoms. The molecule has 1 aromatic heterocycles. The number of nitrogens with one attached hydrogen (secondary N) is 3. The largest absolute Gasteiger partial charge is 0.491 e. The van der Waals surface area contributed by atoms with Gasteiger partial charge in [0, 0.05) is 29.9 Å². The number of carbonyl (C=O) groups is 2. The minimum Gasteiger partial charge on any atom is -0.491 e. The number of nitrogens with zero attached hydrogens (tertiary/aromatic N) is 1. The van der Waals surface area contributed by atoms with Crippen LogP contribution in [-0.2, 0) is 16.0 Å². The Morgan fingerprint density at radius 1 is 0.977 bits per heavy atom. The summed E-state index contributed by atoms with van der Waals surface area (Å²) in [5.74, 6) is -1.23. The lowest BCUT2D eigenvalue weighted by atomic mass is 9.99. The molecule has 2 amide bonds. The van der Waals surface area contributed by atoms with Gasteiger partial charge in [0.15, 0.2) is 23.1 Å². The van der Waals surface area contributed by atoms with Gasteiger partial charge in [-0.05, 0) is 86.3 Å². The standard InChI is InChI=1S/C32H32F2N4O5/c1-41-30-28(42-19-21-9-13-35-14-10-21)8-6-24-26(12-16-36-29(24)30)43-27-7-5-23(18-25(27)34)38-32(40)31(39)37-15-11-20-3-2-4-22(33)17-20/h2-8,12,16-18,21,35H,9-11,13-15,19H2,1H3,(H,37,39)(H,38,40). The first kappa shape index (κ1) is 29.7. The molecule has 0 saturated carbocycles. The minimum absolute atomic E-state index is 0.0759. The number of amides is 2. The van der Waals surface area contributed by atoms with E-state index in [4.69, 9.17) is 14.2 Å². The number of rotatable bonds is 10. The molecule has 4 aromatic rings. The monoisotopic (exact) mass is 590 g/mol. The Bertz CT molecular complexity index is 1610. The fourth-order valence-corrected chi connectivity index (χ4v) is 4.87. The van der Waals surface area contributed by atoms with Crippen molar-refractivity contribution in [3.63, 3.8) is 0 Å². The van der Waals surface area contributed by atoms with Crippen LogP contribution in [-0.4, -0.2) is 50.1 Å². The summed E-state index contributed by atoms with van der Waals surface area (Å²) in [6.45, 7) is 2.66. The molecule has 1 fully saturated rings. The van der Waals surface area contributed by atoms with E-state index in [0.717, 1.165) is 32.0 Å². The van der Waals surface area contributed by atoms with Crippen molar-refractivity contribution < 1.29 is 32.6 Å². The van der Waals surface area contributed by atoms with E-state index in [-0.39, 0.29) is 23.8 Å². The Labute approximate surface area is 247 Å². The molecule has 9 nitrogen and oxygen atoms in total. The SMILES string of the molecule is COc1c(OCC2CCNCC2)ccc2c(Oc3ccc(NC(=O)C(=O)NCCc4cccc(F)c4)cc3F)ccnc12. The highest BCUT2D eigenvalue weighted by Gasteiger charge is 2.19. The molecule has 3 N–H and O–H groups in total. The van der Waals surface area contributed by atoms with Crippen molar-refractivity contribution in [2.75, 3.05) is 38.7 Å². The van der Waals surface area contributed by atoms with E-state index in [1.165, 1.54) is 30.5 Å². The van der Waals surface area contributed by atoms with Crippen molar-refractivity contribution in [2.45, 2.75) is 19.3 Å². The Kier molecular flexibility index (Phi) is 9.63. The van der Waals surface area contributed by atoms with E-state index in [9.17, 15) is 14.0 Å². The molecule has 2 heterocycles. The van der Waals surface area contributed by atoms with Crippen molar-refractivity contribution in [3.8, 4) is 23.0 Å². The molecule has 11 heteroatoms. The second-order valence-corrected chi connectivity index (χ2v) is 10.1. The molecule has 224 valence electrons. The third-order valence-corrected chi connectivity index (χ3v) is 7.13. The smallest absolute Gasteiger partial charge is 0.313 e. The van der Waals surface area contributed by atoms with E-state index >= 15 is 4.39 Å². The summed E-state index contributed by atoms with van der Waals surface area (Å²) in [5.41, 5.74) is 1.27. The molecule has 0 unspecified atom stereocenters. The number of hydrogen-bond donors (Lipinski definition) is 3. The lowest BCUT2D eigenvalue weighted by Crippen LogP contribution is -2.36. The highest BCUT2D eigenvalue weighted by Crippen LogP contribution is 2.40. The highest BCUT2D eigenvalue weighted by atomic mass is 19.1. The Balaban J connectivity index is 1.22. The molecule has 1 aliphatic heterocycles. The predicted octanol–water partition coefficient (Wildman–Crippen LogP) is 4.99. The van der Waals surface area contributed by atoms with Crippen molar-refractivity contribution in [1.82, 2.24) is 15.6 Å². The fourth-order valence-electron chi connectivity index (χ4n) is 4.87. The number of piperidine rings is 1. The van der Waals surface area contributed by atoms with E-state index in [1.54, 1.807) is 37.4 Å². The number of methoxy groups -OCH3 is 1. The third-order valence-electron chi connectivity index (χ3n) is 7.13. The van der Waals surface area contributed by atoms with Gasteiger partial charge in [-0.25, -0.2) is 8.78 Å². The van der Waals surface area contributed by atoms with Gasteiger partial charge in [0.2, 0.25) is 0 Å². The summed E-state index contributed by atoms with van der Waals surface area (Å²) in [5, 5.41) is 8.77. The van der Waals surface area contributed by atoms with Gasteiger partial charge in [0.1, 0.15) is 17.1 Å². The minimum atomic E-state index is -0.960. The van der Waals surface area contributed by atoms with Crippen LogP contribution >= 0.6 is 0 Å². The Morgan fingerprint density at radius 3 is 2.56 bits per heavy atom. The van der Waals surface area contributed by atoms with Gasteiger partial charge in [0.05, 0.1) is 13.7 Å². The van der Waals surface area contributed by atoms with Crippen molar-refractivity contribution in [1.29, 1.82) is 0 Å². The summed E-state index contributed by atoms with van der Waals surface area (Å²) < 4.78 is 45.9. The summed E-state index contributed by atoms with van der Waals surface area (Å²) in [7, 11) is 1.54. The number of ether oxygens (including phenoxy) is 3. The summed E-state index contributed by atoms with van der Waals surface area (Å²) in [4.78, 5) is 28.9. The van der Waals surface area contributed by atoms with E-state index < -0.39 is 17.6 Å². The second kappa shape index (κ2) is 13.9.